The first-order valence-corrected chi connectivity index (χ1v) is 13.8. The zero-order valence-corrected chi connectivity index (χ0v) is 20.4. The van der Waals surface area contributed by atoms with Crippen LogP contribution in [0.2, 0.25) is 5.02 Å². The molecule has 1 aromatic heterocycles. The van der Waals surface area contributed by atoms with Gasteiger partial charge in [-0.15, -0.1) is 0 Å². The number of hydrogen-bond acceptors (Lipinski definition) is 6. The molecule has 0 saturated heterocycles. The third-order valence-corrected chi connectivity index (χ3v) is 9.17. The summed E-state index contributed by atoms with van der Waals surface area (Å²) in [6, 6.07) is 17.3. The van der Waals surface area contributed by atoms with Gasteiger partial charge in [-0.25, -0.2) is 21.6 Å². The summed E-state index contributed by atoms with van der Waals surface area (Å²) in [5.74, 6) is -0.711. The highest BCUT2D eigenvalue weighted by Gasteiger charge is 2.37. The summed E-state index contributed by atoms with van der Waals surface area (Å²) in [4.78, 5) is 16.7. The first-order valence-electron chi connectivity index (χ1n) is 10.5. The lowest BCUT2D eigenvalue weighted by Gasteiger charge is -2.22. The van der Waals surface area contributed by atoms with Crippen LogP contribution in [-0.2, 0) is 33.1 Å². The van der Waals surface area contributed by atoms with E-state index in [1.807, 2.05) is 0 Å². The predicted octanol–water partition coefficient (Wildman–Crippen LogP) is 3.35. The van der Waals surface area contributed by atoms with Gasteiger partial charge < -0.3 is 0 Å². The Labute approximate surface area is 203 Å². The lowest BCUT2D eigenvalue weighted by atomic mass is 10.1. The molecule has 2 aromatic carbocycles. The maximum Gasteiger partial charge on any atom is 0.264 e. The first kappa shape index (κ1) is 24.3. The highest BCUT2D eigenvalue weighted by Crippen LogP contribution is 2.27. The van der Waals surface area contributed by atoms with Gasteiger partial charge in [-0.2, -0.15) is 4.31 Å². The molecule has 0 atom stereocenters. The Morgan fingerprint density at radius 1 is 0.941 bits per heavy atom. The summed E-state index contributed by atoms with van der Waals surface area (Å²) in [5, 5.41) is -0.0817. The Morgan fingerprint density at radius 2 is 1.62 bits per heavy atom. The monoisotopic (exact) mass is 519 g/mol. The molecule has 0 spiro atoms. The van der Waals surface area contributed by atoms with E-state index in [0.717, 1.165) is 0 Å². The number of halogens is 1. The van der Waals surface area contributed by atoms with Crippen molar-refractivity contribution in [3.63, 3.8) is 0 Å². The predicted molar refractivity (Wildman–Crippen MR) is 128 cm³/mol. The number of sulfonamides is 2. The third kappa shape index (κ3) is 5.82. The number of carbonyl (C=O) groups is 1. The van der Waals surface area contributed by atoms with Crippen LogP contribution in [0.25, 0.3) is 0 Å². The maximum absolute atomic E-state index is 13.4. The van der Waals surface area contributed by atoms with Crippen LogP contribution in [0, 0.1) is 0 Å². The van der Waals surface area contributed by atoms with Crippen LogP contribution in [0.15, 0.2) is 77.8 Å². The molecule has 1 aliphatic carbocycles. The molecule has 1 saturated carbocycles. The smallest absolute Gasteiger partial charge is 0.264 e. The van der Waals surface area contributed by atoms with Crippen LogP contribution in [0.5, 0.6) is 0 Å². The molecule has 1 aliphatic rings. The van der Waals surface area contributed by atoms with Crippen molar-refractivity contribution in [2.45, 2.75) is 36.1 Å². The fraction of sp³-hybridized carbons (Fsp3) is 0.217. The number of carbonyl (C=O) groups excluding carboxylic acids is 1. The van der Waals surface area contributed by atoms with Gasteiger partial charge in [0.05, 0.1) is 22.4 Å². The van der Waals surface area contributed by atoms with Crippen molar-refractivity contribution in [3.05, 3.63) is 94.8 Å². The minimum absolute atomic E-state index is 0.0177. The van der Waals surface area contributed by atoms with E-state index in [0.29, 0.717) is 29.1 Å². The average Bonchev–Trinajstić information content (AvgIpc) is 3.66. The molecule has 4 rings (SSSR count). The van der Waals surface area contributed by atoms with Crippen LogP contribution in [0.1, 0.15) is 34.5 Å². The van der Waals surface area contributed by atoms with E-state index in [4.69, 9.17) is 11.6 Å². The number of rotatable bonds is 9. The number of nitrogens with zero attached hydrogens (tertiary/aromatic N) is 2. The van der Waals surface area contributed by atoms with E-state index in [-0.39, 0.29) is 23.5 Å². The van der Waals surface area contributed by atoms with E-state index < -0.39 is 31.2 Å². The van der Waals surface area contributed by atoms with Gasteiger partial charge in [0.2, 0.25) is 20.0 Å². The number of amides is 1. The molecular weight excluding hydrogens is 498 g/mol. The minimum Gasteiger partial charge on any atom is -0.268 e. The van der Waals surface area contributed by atoms with Gasteiger partial charge in [-0.3, -0.25) is 9.78 Å². The second kappa shape index (κ2) is 9.83. The maximum atomic E-state index is 13.4. The Morgan fingerprint density at radius 3 is 2.21 bits per heavy atom. The average molecular weight is 520 g/mol. The van der Waals surface area contributed by atoms with E-state index in [2.05, 4.69) is 9.71 Å². The second-order valence-electron chi connectivity index (χ2n) is 7.92. The Balaban J connectivity index is 1.56. The molecule has 1 N–H and O–H groups in total. The summed E-state index contributed by atoms with van der Waals surface area (Å²) in [5.41, 5.74) is 1.36. The summed E-state index contributed by atoms with van der Waals surface area (Å²) in [6.45, 7) is 0.0531. The van der Waals surface area contributed by atoms with Crippen molar-refractivity contribution in [2.24, 2.45) is 0 Å². The molecule has 11 heteroatoms. The molecule has 0 radical (unpaired) electrons. The molecule has 0 unspecified atom stereocenters. The van der Waals surface area contributed by atoms with Crippen LogP contribution in [-0.4, -0.2) is 37.3 Å². The van der Waals surface area contributed by atoms with E-state index >= 15 is 0 Å². The normalized spacial score (nSPS) is 14.2. The molecule has 1 fully saturated rings. The van der Waals surface area contributed by atoms with Crippen molar-refractivity contribution in [1.82, 2.24) is 14.0 Å². The van der Waals surface area contributed by atoms with Crippen LogP contribution >= 0.6 is 11.6 Å². The Kier molecular flexibility index (Phi) is 7.04. The Hall–Kier alpha value is -2.79. The van der Waals surface area contributed by atoms with Gasteiger partial charge in [0.1, 0.15) is 0 Å². The van der Waals surface area contributed by atoms with Crippen molar-refractivity contribution in [3.8, 4) is 0 Å². The molecule has 34 heavy (non-hydrogen) atoms. The molecule has 0 aliphatic heterocycles. The van der Waals surface area contributed by atoms with E-state index in [1.165, 1.54) is 40.7 Å². The third-order valence-electron chi connectivity index (χ3n) is 5.29. The van der Waals surface area contributed by atoms with Gasteiger partial charge in [-0.05, 0) is 66.9 Å². The van der Waals surface area contributed by atoms with Crippen LogP contribution in [0.3, 0.4) is 0 Å². The molecule has 178 valence electrons. The topological polar surface area (TPSA) is 114 Å². The van der Waals surface area contributed by atoms with Gasteiger partial charge in [0, 0.05) is 23.3 Å². The lowest BCUT2D eigenvalue weighted by Crippen LogP contribution is -2.33. The first-order chi connectivity index (χ1) is 16.1. The van der Waals surface area contributed by atoms with Crippen LogP contribution < -0.4 is 4.72 Å². The molecule has 1 heterocycles. The molecule has 0 bridgehead atoms. The van der Waals surface area contributed by atoms with Crippen molar-refractivity contribution in [2.75, 3.05) is 0 Å². The number of hydrogen-bond donors (Lipinski definition) is 1. The van der Waals surface area contributed by atoms with Crippen molar-refractivity contribution < 1.29 is 21.6 Å². The number of benzene rings is 2. The largest absolute Gasteiger partial charge is 0.268 e. The zero-order valence-electron chi connectivity index (χ0n) is 18.0. The van der Waals surface area contributed by atoms with Crippen LogP contribution in [0.4, 0.5) is 0 Å². The SMILES string of the molecule is O=C(NS(=O)(=O)C1CC1)c1ccc(CN(Cc2ccccn2)S(=O)(=O)c2ccc(Cl)cc2)cc1. The summed E-state index contributed by atoms with van der Waals surface area (Å²) in [7, 11) is -7.55. The Bertz CT molecular complexity index is 1370. The van der Waals surface area contributed by atoms with E-state index in [1.54, 1.807) is 36.5 Å². The zero-order chi connectivity index (χ0) is 24.3. The standard InChI is InChI=1S/C23H22ClN3O5S2/c24-19-8-10-22(11-9-19)34(31,32)27(16-20-3-1-2-14-25-20)15-17-4-6-18(7-5-17)23(28)26-33(29,30)21-12-13-21/h1-11,14,21H,12-13,15-16H2,(H,26,28). The van der Waals surface area contributed by atoms with E-state index in [9.17, 15) is 21.6 Å². The molecule has 1 amide bonds. The number of aromatic nitrogens is 1. The van der Waals surface area contributed by atoms with Gasteiger partial charge in [0.25, 0.3) is 5.91 Å². The highest BCUT2D eigenvalue weighted by atomic mass is 35.5. The number of pyridine rings is 1. The molecule has 3 aromatic rings. The lowest BCUT2D eigenvalue weighted by molar-refractivity contribution is 0.0981. The van der Waals surface area contributed by atoms with Gasteiger partial charge in [0.15, 0.2) is 0 Å². The summed E-state index contributed by atoms with van der Waals surface area (Å²) < 4.78 is 54.1. The highest BCUT2D eigenvalue weighted by molar-refractivity contribution is 7.91. The molecule has 8 nitrogen and oxygen atoms in total. The number of nitrogens with one attached hydrogen (secondary N) is 1. The van der Waals surface area contributed by atoms with Gasteiger partial charge in [-0.1, -0.05) is 29.8 Å². The minimum atomic E-state index is -3.89. The fourth-order valence-electron chi connectivity index (χ4n) is 3.27. The summed E-state index contributed by atoms with van der Waals surface area (Å²) in [6.07, 6.45) is 2.69. The fourth-order valence-corrected chi connectivity index (χ4v) is 6.09. The molecular formula is C23H22ClN3O5S2. The van der Waals surface area contributed by atoms with Crippen molar-refractivity contribution in [1.29, 1.82) is 0 Å². The summed E-state index contributed by atoms with van der Waals surface area (Å²) >= 11 is 5.91. The van der Waals surface area contributed by atoms with Crippen molar-refractivity contribution >= 4 is 37.6 Å². The second-order valence-corrected chi connectivity index (χ2v) is 12.3. The quantitative estimate of drug-likeness (QED) is 0.464. The van der Waals surface area contributed by atoms with Gasteiger partial charge >= 0.3 is 0 Å².